The van der Waals surface area contributed by atoms with E-state index in [0.29, 0.717) is 11.2 Å². The first kappa shape index (κ1) is 18.8. The fourth-order valence-corrected chi connectivity index (χ4v) is 5.10. The number of carbonyl (C=O) groups is 1. The lowest BCUT2D eigenvalue weighted by atomic mass is 9.95. The number of anilines is 2. The number of hydrogen-bond acceptors (Lipinski definition) is 6. The Morgan fingerprint density at radius 2 is 1.93 bits per heavy atom. The van der Waals surface area contributed by atoms with Crippen LogP contribution in [0, 0.1) is 19.8 Å². The van der Waals surface area contributed by atoms with Crippen molar-refractivity contribution < 1.29 is 4.79 Å². The van der Waals surface area contributed by atoms with Gasteiger partial charge in [-0.3, -0.25) is 4.79 Å². The van der Waals surface area contributed by atoms with Crippen LogP contribution >= 0.6 is 11.3 Å². The number of piperidine rings is 1. The molecule has 1 fully saturated rings. The third-order valence-electron chi connectivity index (χ3n) is 5.89. The van der Waals surface area contributed by atoms with Gasteiger partial charge < -0.3 is 20.2 Å². The van der Waals surface area contributed by atoms with E-state index < -0.39 is 0 Å². The smallest absolute Gasteiger partial charge is 0.323 e. The van der Waals surface area contributed by atoms with E-state index in [-0.39, 0.29) is 17.5 Å². The van der Waals surface area contributed by atoms with Gasteiger partial charge in [-0.15, -0.1) is 11.3 Å². The van der Waals surface area contributed by atoms with Crippen LogP contribution in [-0.4, -0.2) is 38.9 Å². The minimum absolute atomic E-state index is 0.0160. The van der Waals surface area contributed by atoms with Crippen LogP contribution in [0.2, 0.25) is 0 Å². The van der Waals surface area contributed by atoms with Crippen LogP contribution in [0.1, 0.15) is 23.3 Å². The number of amides is 1. The molecule has 154 valence electrons. The molecule has 30 heavy (non-hydrogen) atoms. The van der Waals surface area contributed by atoms with Gasteiger partial charge in [0.25, 0.3) is 0 Å². The first-order chi connectivity index (χ1) is 14.5. The average molecular weight is 423 g/mol. The van der Waals surface area contributed by atoms with Crippen molar-refractivity contribution in [3.63, 3.8) is 0 Å². The highest BCUT2D eigenvalue weighted by Gasteiger charge is 2.27. The van der Waals surface area contributed by atoms with Crippen molar-refractivity contribution in [2.45, 2.75) is 26.7 Å². The molecule has 0 unspecified atom stereocenters. The fourth-order valence-electron chi connectivity index (χ4n) is 4.11. The Morgan fingerprint density at radius 1 is 1.17 bits per heavy atom. The lowest BCUT2D eigenvalue weighted by molar-refractivity contribution is -0.120. The molecule has 1 saturated heterocycles. The second-order valence-corrected chi connectivity index (χ2v) is 8.95. The highest BCUT2D eigenvalue weighted by molar-refractivity contribution is 7.18. The Labute approximate surface area is 176 Å². The highest BCUT2D eigenvalue weighted by Crippen LogP contribution is 2.35. The van der Waals surface area contributed by atoms with E-state index in [2.05, 4.69) is 44.0 Å². The molecule has 8 nitrogen and oxygen atoms in total. The van der Waals surface area contributed by atoms with Crippen molar-refractivity contribution in [1.82, 2.24) is 19.9 Å². The van der Waals surface area contributed by atoms with Crippen molar-refractivity contribution in [2.75, 3.05) is 23.3 Å². The van der Waals surface area contributed by atoms with Gasteiger partial charge in [-0.25, -0.2) is 14.8 Å². The Balaban J connectivity index is 1.28. The van der Waals surface area contributed by atoms with E-state index >= 15 is 0 Å². The van der Waals surface area contributed by atoms with Gasteiger partial charge in [0.2, 0.25) is 5.91 Å². The molecule has 1 aliphatic rings. The number of aromatic amines is 2. The number of aryl methyl sites for hydroxylation is 2. The van der Waals surface area contributed by atoms with E-state index in [1.807, 2.05) is 0 Å². The number of fused-ring (bicyclic) bond motifs is 2. The molecule has 4 heterocycles. The predicted octanol–water partition coefficient (Wildman–Crippen LogP) is 3.33. The van der Waals surface area contributed by atoms with Crippen molar-refractivity contribution in [3.8, 4) is 0 Å². The standard InChI is InChI=1S/C21H22N6O2S/c1-11-12(2)30-20-17(11)18(22-10-23-20)27-7-5-13(6-8-27)19(28)24-14-3-4-15-16(9-14)26-21(29)25-15/h3-4,9-10,13H,5-8H2,1-2H3,(H,24,28)(H2,25,26,29). The normalized spacial score (nSPS) is 15.2. The molecule has 1 aliphatic heterocycles. The molecule has 5 rings (SSSR count). The summed E-state index contributed by atoms with van der Waals surface area (Å²) in [5, 5.41) is 4.13. The molecule has 0 bridgehead atoms. The molecule has 9 heteroatoms. The van der Waals surface area contributed by atoms with Gasteiger partial charge in [-0.2, -0.15) is 0 Å². The van der Waals surface area contributed by atoms with Crippen LogP contribution in [0.3, 0.4) is 0 Å². The number of rotatable bonds is 3. The maximum Gasteiger partial charge on any atom is 0.323 e. The van der Waals surface area contributed by atoms with E-state index in [9.17, 15) is 9.59 Å². The van der Waals surface area contributed by atoms with Crippen LogP contribution in [0.15, 0.2) is 29.3 Å². The summed E-state index contributed by atoms with van der Waals surface area (Å²) < 4.78 is 0. The summed E-state index contributed by atoms with van der Waals surface area (Å²) in [7, 11) is 0. The third-order valence-corrected chi connectivity index (χ3v) is 7.01. The van der Waals surface area contributed by atoms with Crippen LogP contribution in [0.4, 0.5) is 11.5 Å². The Hall–Kier alpha value is -3.20. The summed E-state index contributed by atoms with van der Waals surface area (Å²) in [5.74, 6) is 0.940. The zero-order chi connectivity index (χ0) is 20.8. The molecule has 3 N–H and O–H groups in total. The summed E-state index contributed by atoms with van der Waals surface area (Å²) in [5.41, 5.74) is 3.08. The summed E-state index contributed by atoms with van der Waals surface area (Å²) in [6.45, 7) is 5.80. The molecule has 3 aromatic heterocycles. The number of carbonyl (C=O) groups excluding carboxylic acids is 1. The SMILES string of the molecule is Cc1sc2ncnc(N3CCC(C(=O)Nc4ccc5[nH]c(=O)[nH]c5c4)CC3)c2c1C. The predicted molar refractivity (Wildman–Crippen MR) is 119 cm³/mol. The van der Waals surface area contributed by atoms with E-state index in [0.717, 1.165) is 47.5 Å². The zero-order valence-corrected chi connectivity index (χ0v) is 17.6. The van der Waals surface area contributed by atoms with Crippen LogP contribution in [0.5, 0.6) is 0 Å². The van der Waals surface area contributed by atoms with Gasteiger partial charge in [-0.05, 0) is 50.5 Å². The van der Waals surface area contributed by atoms with Crippen molar-refractivity contribution in [3.05, 3.63) is 45.5 Å². The number of aromatic nitrogens is 4. The molecule has 0 spiro atoms. The molecule has 1 amide bonds. The van der Waals surface area contributed by atoms with Gasteiger partial charge in [0.15, 0.2) is 0 Å². The largest absolute Gasteiger partial charge is 0.356 e. The Morgan fingerprint density at radius 3 is 2.73 bits per heavy atom. The van der Waals surface area contributed by atoms with Crippen molar-refractivity contribution in [1.29, 1.82) is 0 Å². The second-order valence-electron chi connectivity index (χ2n) is 7.75. The Kier molecular flexibility index (Phi) is 4.54. The number of imidazole rings is 1. The second kappa shape index (κ2) is 7.24. The quantitative estimate of drug-likeness (QED) is 0.469. The van der Waals surface area contributed by atoms with E-state index in [1.165, 1.54) is 10.4 Å². The molecule has 0 radical (unpaired) electrons. The lowest BCUT2D eigenvalue weighted by Gasteiger charge is -2.32. The van der Waals surface area contributed by atoms with E-state index in [1.54, 1.807) is 35.9 Å². The molecular formula is C21H22N6O2S. The topological polar surface area (TPSA) is 107 Å². The van der Waals surface area contributed by atoms with Crippen molar-refractivity contribution in [2.24, 2.45) is 5.92 Å². The number of thiophene rings is 1. The lowest BCUT2D eigenvalue weighted by Crippen LogP contribution is -2.38. The van der Waals surface area contributed by atoms with Gasteiger partial charge >= 0.3 is 5.69 Å². The van der Waals surface area contributed by atoms with Gasteiger partial charge in [-0.1, -0.05) is 0 Å². The molecular weight excluding hydrogens is 400 g/mol. The monoisotopic (exact) mass is 422 g/mol. The molecule has 1 aromatic carbocycles. The number of benzene rings is 1. The number of H-pyrrole nitrogens is 2. The molecule has 0 aliphatic carbocycles. The first-order valence-electron chi connectivity index (χ1n) is 9.98. The van der Waals surface area contributed by atoms with Gasteiger partial charge in [0.1, 0.15) is 17.0 Å². The molecule has 0 saturated carbocycles. The zero-order valence-electron chi connectivity index (χ0n) is 16.8. The number of nitrogens with zero attached hydrogens (tertiary/aromatic N) is 3. The van der Waals surface area contributed by atoms with Gasteiger partial charge in [0, 0.05) is 29.6 Å². The summed E-state index contributed by atoms with van der Waals surface area (Å²) in [6, 6.07) is 5.37. The van der Waals surface area contributed by atoms with Crippen LogP contribution in [0.25, 0.3) is 21.3 Å². The molecule has 0 atom stereocenters. The van der Waals surface area contributed by atoms with Gasteiger partial charge in [0.05, 0.1) is 16.4 Å². The van der Waals surface area contributed by atoms with Crippen LogP contribution < -0.4 is 15.9 Å². The maximum atomic E-state index is 12.8. The first-order valence-corrected chi connectivity index (χ1v) is 10.8. The minimum Gasteiger partial charge on any atom is -0.356 e. The Bertz CT molecular complexity index is 1310. The maximum absolute atomic E-state index is 12.8. The number of hydrogen-bond donors (Lipinski definition) is 3. The van der Waals surface area contributed by atoms with E-state index in [4.69, 9.17) is 0 Å². The average Bonchev–Trinajstić information content (AvgIpc) is 3.26. The fraction of sp³-hybridized carbons (Fsp3) is 0.333. The van der Waals surface area contributed by atoms with Crippen molar-refractivity contribution >= 4 is 50.0 Å². The third kappa shape index (κ3) is 3.24. The minimum atomic E-state index is -0.254. The summed E-state index contributed by atoms with van der Waals surface area (Å²) in [6.07, 6.45) is 3.17. The summed E-state index contributed by atoms with van der Waals surface area (Å²) >= 11 is 1.70. The molecule has 4 aromatic rings. The highest BCUT2D eigenvalue weighted by atomic mass is 32.1. The van der Waals surface area contributed by atoms with Crippen LogP contribution in [-0.2, 0) is 4.79 Å². The summed E-state index contributed by atoms with van der Waals surface area (Å²) in [4.78, 5) is 43.2. The number of nitrogens with one attached hydrogen (secondary N) is 3.